The van der Waals surface area contributed by atoms with E-state index in [4.69, 9.17) is 5.11 Å². The van der Waals surface area contributed by atoms with Crippen molar-refractivity contribution in [1.82, 2.24) is 0 Å². The van der Waals surface area contributed by atoms with E-state index in [0.717, 1.165) is 17.0 Å². The van der Waals surface area contributed by atoms with E-state index in [9.17, 15) is 23.3 Å². The summed E-state index contributed by atoms with van der Waals surface area (Å²) in [6, 6.07) is 3.42. The minimum Gasteiger partial charge on any atom is -0.392 e. The molecule has 19 heavy (non-hydrogen) atoms. The molecule has 1 aromatic rings. The van der Waals surface area contributed by atoms with Crippen LogP contribution in [0.5, 0.6) is 0 Å². The Morgan fingerprint density at radius 1 is 1.42 bits per heavy atom. The molecule has 0 unspecified atom stereocenters. The summed E-state index contributed by atoms with van der Waals surface area (Å²) in [5.41, 5.74) is -0.0240. The molecule has 0 heterocycles. The van der Waals surface area contributed by atoms with Gasteiger partial charge >= 0.3 is 6.18 Å². The quantitative estimate of drug-likeness (QED) is 0.663. The molecule has 0 radical (unpaired) electrons. The first kappa shape index (κ1) is 15.2. The number of nitro groups is 1. The van der Waals surface area contributed by atoms with Gasteiger partial charge in [-0.05, 0) is 13.0 Å². The summed E-state index contributed by atoms with van der Waals surface area (Å²) < 4.78 is 37.2. The Morgan fingerprint density at radius 3 is 2.47 bits per heavy atom. The van der Waals surface area contributed by atoms with E-state index in [2.05, 4.69) is 0 Å². The van der Waals surface area contributed by atoms with E-state index in [1.54, 1.807) is 0 Å². The number of aliphatic hydroxyl groups excluding tert-OH is 1. The zero-order chi connectivity index (χ0) is 14.6. The summed E-state index contributed by atoms with van der Waals surface area (Å²) in [7, 11) is 0. The van der Waals surface area contributed by atoms with Crippen LogP contribution in [0.1, 0.15) is 12.5 Å². The minimum atomic E-state index is -4.38. The first-order valence-corrected chi connectivity index (χ1v) is 5.48. The average Bonchev–Trinajstić information content (AvgIpc) is 2.34. The lowest BCUT2D eigenvalue weighted by Gasteiger charge is -2.26. The number of halogens is 3. The van der Waals surface area contributed by atoms with Gasteiger partial charge in [0.2, 0.25) is 0 Å². The van der Waals surface area contributed by atoms with Gasteiger partial charge in [0, 0.05) is 29.9 Å². The maximum atomic E-state index is 12.4. The van der Waals surface area contributed by atoms with Gasteiger partial charge < -0.3 is 10.0 Å². The second-order valence-electron chi connectivity index (χ2n) is 3.86. The maximum absolute atomic E-state index is 12.4. The molecule has 8 heteroatoms. The highest BCUT2D eigenvalue weighted by atomic mass is 19.4. The number of benzene rings is 1. The number of non-ortho nitro benzene ring substituents is 1. The van der Waals surface area contributed by atoms with E-state index < -0.39 is 24.3 Å². The lowest BCUT2D eigenvalue weighted by Crippen LogP contribution is -2.34. The van der Waals surface area contributed by atoms with Gasteiger partial charge in [-0.2, -0.15) is 13.2 Å². The molecule has 0 fully saturated rings. The van der Waals surface area contributed by atoms with Crippen LogP contribution in [-0.4, -0.2) is 29.3 Å². The van der Waals surface area contributed by atoms with Crippen molar-refractivity contribution in [3.63, 3.8) is 0 Å². The fourth-order valence-corrected chi connectivity index (χ4v) is 1.70. The van der Waals surface area contributed by atoms with Crippen LogP contribution < -0.4 is 4.90 Å². The normalized spacial score (nSPS) is 11.4. The fraction of sp³-hybridized carbons (Fsp3) is 0.455. The number of aliphatic hydroxyl groups is 1. The van der Waals surface area contributed by atoms with Gasteiger partial charge in [0.15, 0.2) is 0 Å². The van der Waals surface area contributed by atoms with Gasteiger partial charge in [-0.3, -0.25) is 10.1 Å². The molecule has 0 saturated heterocycles. The van der Waals surface area contributed by atoms with Crippen molar-refractivity contribution in [2.75, 3.05) is 18.0 Å². The largest absolute Gasteiger partial charge is 0.405 e. The molecule has 0 atom stereocenters. The van der Waals surface area contributed by atoms with Crippen molar-refractivity contribution in [2.45, 2.75) is 19.7 Å². The summed E-state index contributed by atoms with van der Waals surface area (Å²) in [5, 5.41) is 19.7. The fourth-order valence-electron chi connectivity index (χ4n) is 1.70. The SMILES string of the molecule is CCN(CC(F)(F)F)c1ccc([N+](=O)[O-])cc1CO. The summed E-state index contributed by atoms with van der Waals surface area (Å²) in [6.45, 7) is -0.127. The van der Waals surface area contributed by atoms with E-state index in [1.165, 1.54) is 13.0 Å². The smallest absolute Gasteiger partial charge is 0.392 e. The van der Waals surface area contributed by atoms with Gasteiger partial charge in [0.05, 0.1) is 11.5 Å². The number of hydrogen-bond acceptors (Lipinski definition) is 4. The summed E-state index contributed by atoms with van der Waals surface area (Å²) in [6.07, 6.45) is -4.38. The minimum absolute atomic E-state index is 0.0737. The van der Waals surface area contributed by atoms with Crippen molar-refractivity contribution in [3.8, 4) is 0 Å². The monoisotopic (exact) mass is 278 g/mol. The third-order valence-corrected chi connectivity index (χ3v) is 2.54. The molecule has 0 aromatic heterocycles. The number of nitro benzene ring substituents is 1. The topological polar surface area (TPSA) is 66.6 Å². The Labute approximate surface area is 107 Å². The second-order valence-corrected chi connectivity index (χ2v) is 3.86. The molecule has 0 spiro atoms. The Hall–Kier alpha value is -1.83. The van der Waals surface area contributed by atoms with Crippen LogP contribution >= 0.6 is 0 Å². The number of anilines is 1. The van der Waals surface area contributed by atoms with E-state index in [0.29, 0.717) is 0 Å². The zero-order valence-electron chi connectivity index (χ0n) is 10.1. The first-order chi connectivity index (χ1) is 8.78. The Morgan fingerprint density at radius 2 is 2.05 bits per heavy atom. The standard InChI is InChI=1S/C11H13F3N2O3/c1-2-15(7-11(12,13)14)10-4-3-9(16(18)19)5-8(10)6-17/h3-5,17H,2,6-7H2,1H3. The van der Waals surface area contributed by atoms with Crippen molar-refractivity contribution >= 4 is 11.4 Å². The van der Waals surface area contributed by atoms with Crippen LogP contribution in [0.25, 0.3) is 0 Å². The Kier molecular flexibility index (Phi) is 4.71. The maximum Gasteiger partial charge on any atom is 0.405 e. The summed E-state index contributed by atoms with van der Waals surface area (Å²) >= 11 is 0. The van der Waals surface area contributed by atoms with Crippen molar-refractivity contribution in [2.24, 2.45) is 0 Å². The highest BCUT2D eigenvalue weighted by Gasteiger charge is 2.31. The number of nitrogens with zero attached hydrogens (tertiary/aromatic N) is 2. The number of alkyl halides is 3. The molecule has 5 nitrogen and oxygen atoms in total. The van der Waals surface area contributed by atoms with Crippen LogP contribution in [0.15, 0.2) is 18.2 Å². The average molecular weight is 278 g/mol. The van der Waals surface area contributed by atoms with Crippen LogP contribution in [0.2, 0.25) is 0 Å². The number of rotatable bonds is 5. The molecule has 1 N–H and O–H groups in total. The molecule has 0 amide bonds. The molecule has 0 aliphatic carbocycles. The van der Waals surface area contributed by atoms with Gasteiger partial charge in [0.25, 0.3) is 5.69 Å². The predicted octanol–water partition coefficient (Wildman–Crippen LogP) is 2.48. The van der Waals surface area contributed by atoms with Gasteiger partial charge in [-0.15, -0.1) is 0 Å². The van der Waals surface area contributed by atoms with Gasteiger partial charge in [0.1, 0.15) is 6.54 Å². The lowest BCUT2D eigenvalue weighted by atomic mass is 10.1. The second kappa shape index (κ2) is 5.87. The molecule has 0 saturated carbocycles. The van der Waals surface area contributed by atoms with Crippen LogP contribution in [0, 0.1) is 10.1 Å². The van der Waals surface area contributed by atoms with E-state index in [-0.39, 0.29) is 23.5 Å². The van der Waals surface area contributed by atoms with E-state index in [1.807, 2.05) is 0 Å². The molecule has 0 bridgehead atoms. The van der Waals surface area contributed by atoms with Crippen molar-refractivity contribution < 1.29 is 23.2 Å². The lowest BCUT2D eigenvalue weighted by molar-refractivity contribution is -0.384. The van der Waals surface area contributed by atoms with Crippen LogP contribution in [-0.2, 0) is 6.61 Å². The third-order valence-electron chi connectivity index (χ3n) is 2.54. The predicted molar refractivity (Wildman–Crippen MR) is 63.0 cm³/mol. The molecule has 0 aliphatic heterocycles. The van der Waals surface area contributed by atoms with Crippen molar-refractivity contribution in [1.29, 1.82) is 0 Å². The van der Waals surface area contributed by atoms with Crippen LogP contribution in [0.3, 0.4) is 0 Å². The van der Waals surface area contributed by atoms with Crippen molar-refractivity contribution in [3.05, 3.63) is 33.9 Å². The first-order valence-electron chi connectivity index (χ1n) is 5.48. The highest BCUT2D eigenvalue weighted by Crippen LogP contribution is 2.28. The summed E-state index contributed by atoms with van der Waals surface area (Å²) in [5.74, 6) is 0. The summed E-state index contributed by atoms with van der Waals surface area (Å²) in [4.78, 5) is 10.9. The van der Waals surface area contributed by atoms with Crippen LogP contribution in [0.4, 0.5) is 24.5 Å². The van der Waals surface area contributed by atoms with E-state index >= 15 is 0 Å². The Bertz CT molecular complexity index is 463. The highest BCUT2D eigenvalue weighted by molar-refractivity contribution is 5.57. The zero-order valence-corrected chi connectivity index (χ0v) is 10.1. The third kappa shape index (κ3) is 4.09. The molecular weight excluding hydrogens is 265 g/mol. The number of hydrogen-bond donors (Lipinski definition) is 1. The molecule has 1 rings (SSSR count). The molecule has 106 valence electrons. The molecule has 0 aliphatic rings. The molecular formula is C11H13F3N2O3. The Balaban J connectivity index is 3.13. The van der Waals surface area contributed by atoms with Gasteiger partial charge in [-0.1, -0.05) is 0 Å². The van der Waals surface area contributed by atoms with Gasteiger partial charge in [-0.25, -0.2) is 0 Å². The molecule has 1 aromatic carbocycles.